The number of anilines is 1. The molecule has 3 N–H and O–H groups in total. The third-order valence-corrected chi connectivity index (χ3v) is 4.54. The lowest BCUT2D eigenvalue weighted by molar-refractivity contribution is -0.137. The number of aromatic nitrogens is 1. The van der Waals surface area contributed by atoms with Crippen LogP contribution >= 0.6 is 0 Å². The van der Waals surface area contributed by atoms with Crippen molar-refractivity contribution in [2.45, 2.75) is 24.9 Å². The van der Waals surface area contributed by atoms with Crippen molar-refractivity contribution in [3.05, 3.63) is 46.8 Å². The molecule has 1 aromatic carbocycles. The summed E-state index contributed by atoms with van der Waals surface area (Å²) in [5, 5.41) is 12.6. The van der Waals surface area contributed by atoms with Gasteiger partial charge in [-0.25, -0.2) is 9.37 Å². The van der Waals surface area contributed by atoms with Crippen molar-refractivity contribution in [2.24, 2.45) is 0 Å². The number of nitrogens with two attached hydrogens (primary N) is 1. The van der Waals surface area contributed by atoms with Crippen LogP contribution in [-0.4, -0.2) is 18.1 Å². The van der Waals surface area contributed by atoms with Crippen molar-refractivity contribution in [3.63, 3.8) is 0 Å². The Bertz CT molecular complexity index is 865. The van der Waals surface area contributed by atoms with E-state index in [9.17, 15) is 22.8 Å². The number of hydrogen-bond donors (Lipinski definition) is 2. The van der Waals surface area contributed by atoms with Gasteiger partial charge in [-0.05, 0) is 61.7 Å². The number of nitrogens with zero attached hydrogens (tertiary/aromatic N) is 2. The fraction of sp³-hybridized carbons (Fsp3) is 0.333. The Balaban J connectivity index is 2.09. The Hall–Kier alpha value is -2.66. The van der Waals surface area contributed by atoms with Crippen LogP contribution in [0.2, 0.25) is 0 Å². The number of nitrogen functional groups attached to an aromatic ring is 1. The lowest BCUT2D eigenvalue weighted by atomic mass is 9.87. The van der Waals surface area contributed by atoms with Crippen LogP contribution in [0, 0.1) is 17.1 Å². The maximum Gasteiger partial charge on any atom is 0.416 e. The van der Waals surface area contributed by atoms with Gasteiger partial charge in [-0.15, -0.1) is 0 Å². The summed E-state index contributed by atoms with van der Waals surface area (Å²) in [4.78, 5) is 4.04. The molecule has 0 unspecified atom stereocenters. The Morgan fingerprint density at radius 3 is 2.46 bits per heavy atom. The van der Waals surface area contributed by atoms with E-state index in [0.717, 1.165) is 38.1 Å². The van der Waals surface area contributed by atoms with Gasteiger partial charge in [0.2, 0.25) is 0 Å². The lowest BCUT2D eigenvalue weighted by Gasteiger charge is -2.24. The first-order chi connectivity index (χ1) is 12.3. The highest BCUT2D eigenvalue weighted by atomic mass is 19.4. The summed E-state index contributed by atoms with van der Waals surface area (Å²) in [7, 11) is 0. The van der Waals surface area contributed by atoms with Gasteiger partial charge >= 0.3 is 6.18 Å². The number of rotatable bonds is 2. The minimum Gasteiger partial charge on any atom is -0.383 e. The minimum absolute atomic E-state index is 0.0437. The number of nitriles is 1. The zero-order valence-electron chi connectivity index (χ0n) is 13.7. The summed E-state index contributed by atoms with van der Waals surface area (Å²) in [5.41, 5.74) is 5.76. The maximum atomic E-state index is 14.3. The molecular weight excluding hydrogens is 348 g/mol. The average molecular weight is 364 g/mol. The smallest absolute Gasteiger partial charge is 0.383 e. The first kappa shape index (κ1) is 18.1. The van der Waals surface area contributed by atoms with E-state index in [1.807, 2.05) is 6.07 Å². The van der Waals surface area contributed by atoms with E-state index in [1.165, 1.54) is 0 Å². The molecule has 136 valence electrons. The fourth-order valence-electron chi connectivity index (χ4n) is 3.20. The zero-order valence-corrected chi connectivity index (χ0v) is 13.7. The molecule has 0 radical (unpaired) electrons. The molecule has 1 aromatic heterocycles. The fourth-order valence-corrected chi connectivity index (χ4v) is 3.20. The van der Waals surface area contributed by atoms with E-state index in [2.05, 4.69) is 10.3 Å². The summed E-state index contributed by atoms with van der Waals surface area (Å²) in [6.07, 6.45) is -3.06. The molecule has 1 saturated heterocycles. The average Bonchev–Trinajstić information content (AvgIpc) is 2.61. The Kier molecular flexibility index (Phi) is 4.83. The van der Waals surface area contributed by atoms with Crippen molar-refractivity contribution in [1.82, 2.24) is 10.3 Å². The monoisotopic (exact) mass is 364 g/mol. The lowest BCUT2D eigenvalue weighted by Crippen LogP contribution is -2.27. The second-order valence-corrected chi connectivity index (χ2v) is 6.19. The minimum atomic E-state index is -4.63. The number of alkyl halides is 3. The van der Waals surface area contributed by atoms with Crippen LogP contribution < -0.4 is 11.1 Å². The molecule has 0 spiro atoms. The molecule has 2 aromatic rings. The van der Waals surface area contributed by atoms with E-state index < -0.39 is 17.6 Å². The normalized spacial score (nSPS) is 15.7. The summed E-state index contributed by atoms with van der Waals surface area (Å²) in [6, 6.07) is 5.88. The molecule has 26 heavy (non-hydrogen) atoms. The molecule has 0 amide bonds. The number of halogens is 4. The molecule has 0 bridgehead atoms. The molecule has 0 atom stereocenters. The standard InChI is InChI=1S/C18H16F4N4/c19-15-7-11(18(20,21)22)1-2-12(15)16-8-13(10-3-5-25-6-4-10)14(9-23)17(24)26-16/h1-2,7-8,10,25H,3-6H2,(H2,24,26). The van der Waals surface area contributed by atoms with Gasteiger partial charge in [0.05, 0.1) is 16.8 Å². The van der Waals surface area contributed by atoms with Crippen LogP contribution in [0.5, 0.6) is 0 Å². The highest BCUT2D eigenvalue weighted by Gasteiger charge is 2.31. The number of nitrogens with one attached hydrogen (secondary N) is 1. The van der Waals surface area contributed by atoms with Crippen molar-refractivity contribution < 1.29 is 17.6 Å². The number of hydrogen-bond acceptors (Lipinski definition) is 4. The van der Waals surface area contributed by atoms with E-state index in [4.69, 9.17) is 5.73 Å². The van der Waals surface area contributed by atoms with Crippen LogP contribution in [0.15, 0.2) is 24.3 Å². The second-order valence-electron chi connectivity index (χ2n) is 6.19. The van der Waals surface area contributed by atoms with Crippen molar-refractivity contribution in [3.8, 4) is 17.3 Å². The number of benzene rings is 1. The predicted octanol–water partition coefficient (Wildman–Crippen LogP) is 3.83. The van der Waals surface area contributed by atoms with Gasteiger partial charge in [-0.3, -0.25) is 0 Å². The molecule has 8 heteroatoms. The summed E-state index contributed by atoms with van der Waals surface area (Å²) in [5.74, 6) is -1.02. The molecule has 1 aliphatic rings. The zero-order chi connectivity index (χ0) is 18.9. The van der Waals surface area contributed by atoms with Crippen molar-refractivity contribution >= 4 is 5.82 Å². The van der Waals surface area contributed by atoms with Crippen molar-refractivity contribution in [2.75, 3.05) is 18.8 Å². The summed E-state index contributed by atoms with van der Waals surface area (Å²) in [6.45, 7) is 1.56. The van der Waals surface area contributed by atoms with E-state index in [1.54, 1.807) is 6.07 Å². The number of pyridine rings is 1. The Labute approximate surface area is 147 Å². The third kappa shape index (κ3) is 3.48. The van der Waals surface area contributed by atoms with Crippen LogP contribution in [-0.2, 0) is 6.18 Å². The van der Waals surface area contributed by atoms with E-state index in [0.29, 0.717) is 11.6 Å². The van der Waals surface area contributed by atoms with Gasteiger partial charge in [-0.2, -0.15) is 18.4 Å². The summed E-state index contributed by atoms with van der Waals surface area (Å²) < 4.78 is 52.5. The third-order valence-electron chi connectivity index (χ3n) is 4.54. The molecule has 2 heterocycles. The van der Waals surface area contributed by atoms with Crippen LogP contribution in [0.1, 0.15) is 35.4 Å². The molecule has 0 saturated carbocycles. The maximum absolute atomic E-state index is 14.3. The molecule has 1 fully saturated rings. The molecule has 4 nitrogen and oxygen atoms in total. The predicted molar refractivity (Wildman–Crippen MR) is 88.6 cm³/mol. The largest absolute Gasteiger partial charge is 0.416 e. The molecule has 0 aliphatic carbocycles. The quantitative estimate of drug-likeness (QED) is 0.795. The van der Waals surface area contributed by atoms with Gasteiger partial charge in [0.25, 0.3) is 0 Å². The number of piperidine rings is 1. The van der Waals surface area contributed by atoms with Crippen LogP contribution in [0.4, 0.5) is 23.4 Å². The van der Waals surface area contributed by atoms with Crippen LogP contribution in [0.3, 0.4) is 0 Å². The first-order valence-electron chi connectivity index (χ1n) is 8.09. The molecular formula is C18H16F4N4. The van der Waals surface area contributed by atoms with Gasteiger partial charge in [0.15, 0.2) is 0 Å². The first-order valence-corrected chi connectivity index (χ1v) is 8.09. The van der Waals surface area contributed by atoms with Crippen molar-refractivity contribution in [1.29, 1.82) is 5.26 Å². The highest BCUT2D eigenvalue weighted by Crippen LogP contribution is 2.36. The molecule has 1 aliphatic heterocycles. The van der Waals surface area contributed by atoms with Crippen LogP contribution in [0.25, 0.3) is 11.3 Å². The van der Waals surface area contributed by atoms with Gasteiger partial charge in [0, 0.05) is 5.56 Å². The van der Waals surface area contributed by atoms with E-state index in [-0.39, 0.29) is 28.6 Å². The SMILES string of the molecule is N#Cc1c(C2CCNCC2)cc(-c2ccc(C(F)(F)F)cc2F)nc1N. The highest BCUT2D eigenvalue weighted by molar-refractivity contribution is 5.67. The summed E-state index contributed by atoms with van der Waals surface area (Å²) >= 11 is 0. The van der Waals surface area contributed by atoms with Gasteiger partial charge in [-0.1, -0.05) is 0 Å². The molecule has 3 rings (SSSR count). The topological polar surface area (TPSA) is 74.7 Å². The second kappa shape index (κ2) is 6.92. The Morgan fingerprint density at radius 2 is 1.88 bits per heavy atom. The van der Waals surface area contributed by atoms with Gasteiger partial charge < -0.3 is 11.1 Å². The van der Waals surface area contributed by atoms with E-state index >= 15 is 0 Å². The van der Waals surface area contributed by atoms with Gasteiger partial charge in [0.1, 0.15) is 17.7 Å². The Morgan fingerprint density at radius 1 is 1.19 bits per heavy atom.